The Balaban J connectivity index is 1.33. The highest BCUT2D eigenvalue weighted by atomic mass is 32.2. The molecule has 0 aliphatic rings. The van der Waals surface area contributed by atoms with Gasteiger partial charge in [0, 0.05) is 44.0 Å². The van der Waals surface area contributed by atoms with E-state index >= 15 is 0 Å². The molecule has 5 aromatic rings. The molecule has 472 valence electrons. The molecule has 10 atom stereocenters. The first-order chi connectivity index (χ1) is 41.9. The number of amides is 9. The number of thioether (sulfide) groups is 1. The molecule has 0 radical (unpaired) electrons. The maximum atomic E-state index is 14.5. The van der Waals surface area contributed by atoms with Crippen LogP contribution in [0.2, 0.25) is 0 Å². The number of phenolic OH excluding ortho intramolecular Hbond substituents is 3. The number of carboxylic acids is 1. The van der Waals surface area contributed by atoms with Crippen LogP contribution in [-0.4, -0.2) is 185 Å². The minimum absolute atomic E-state index is 0.0296. The number of hydrogen-bond acceptors (Lipinski definition) is 18. The third-order valence-corrected chi connectivity index (χ3v) is 14.2. The molecular weight excluding hydrogens is 1160 g/mol. The number of aliphatic carboxylic acids is 1. The summed E-state index contributed by atoms with van der Waals surface area (Å²) in [6.45, 7) is 0.972. The Morgan fingerprint density at radius 3 is 1.30 bits per heavy atom. The number of nitrogens with zero attached hydrogens (tertiary/aromatic N) is 1. The minimum atomic E-state index is -1.81. The number of benzene rings is 4. The van der Waals surface area contributed by atoms with Gasteiger partial charge in [-0.25, -0.2) is 9.78 Å². The maximum Gasteiger partial charge on any atom is 0.326 e. The second-order valence-corrected chi connectivity index (χ2v) is 21.5. The molecule has 1 aromatic heterocycles. The highest BCUT2D eigenvalue weighted by molar-refractivity contribution is 7.98. The van der Waals surface area contributed by atoms with Crippen LogP contribution < -0.4 is 53.6 Å². The van der Waals surface area contributed by atoms with E-state index in [1.54, 1.807) is 36.6 Å². The van der Waals surface area contributed by atoms with Crippen molar-refractivity contribution in [1.29, 1.82) is 0 Å². The molecular formula is C59H74N12O16S. The number of nitrogens with one attached hydrogen (secondary N) is 10. The molecule has 28 nitrogen and oxygen atoms in total. The van der Waals surface area contributed by atoms with E-state index < -0.39 is 133 Å². The van der Waals surface area contributed by atoms with Gasteiger partial charge in [0.15, 0.2) is 0 Å². The van der Waals surface area contributed by atoms with E-state index in [0.717, 1.165) is 6.92 Å². The number of phenols is 3. The number of rotatable bonds is 34. The Morgan fingerprint density at radius 2 is 0.875 bits per heavy atom. The number of aromatic hydroxyl groups is 3. The van der Waals surface area contributed by atoms with Gasteiger partial charge in [-0.15, -0.1) is 0 Å². The Hall–Kier alpha value is -9.58. The van der Waals surface area contributed by atoms with E-state index in [1.165, 1.54) is 104 Å². The lowest BCUT2D eigenvalue weighted by atomic mass is 10.0. The van der Waals surface area contributed by atoms with Crippen LogP contribution >= 0.6 is 11.8 Å². The van der Waals surface area contributed by atoms with Crippen molar-refractivity contribution in [2.45, 2.75) is 113 Å². The standard InChI is InChI=1S/C59H74N12O16S/c1-32(72)50(70-56(83)46(23-34-7-5-4-6-8-34)68-58(85)51(33(2)73)71-55(82)44(64-48(77)28-60)25-36-11-17-40(75)18-12-36)57(84)62-30-49(78)65-43(24-35-9-15-39(74)16-10-35)53(80)67-45(26-37-13-19-41(76)20-14-37)54(81)66-42(21-22-88-3)52(79)69-47(59(86)87)27-38-29-61-31-63-38/h4-20,29,31-33,42-47,50-51,72-76H,21-28,30,60H2,1-3H3,(H,61,63)(H,62,84)(H,64,77)(H,65,78)(H,66,81)(H,67,80)(H,68,85)(H,69,79)(H,70,83)(H,71,82)(H,86,87)/t32-,33-,42+,43+,44+,45+,46+,47+,50+,51+/m1/s1. The van der Waals surface area contributed by atoms with Crippen LogP contribution in [0.1, 0.15) is 48.2 Å². The molecule has 5 rings (SSSR count). The SMILES string of the molecule is CSCC[C@H](NC(=O)[C@H](Cc1ccc(O)cc1)NC(=O)[C@H](Cc1ccc(O)cc1)NC(=O)CNC(=O)[C@@H](NC(=O)[C@H](Cc1ccccc1)NC(=O)[C@@H](NC(=O)[C@H](Cc1ccc(O)cc1)NC(=O)CN)[C@@H](C)O)[C@@H](C)O)C(=O)N[C@@H](Cc1cnc[nH]1)C(=O)O. The molecule has 18 N–H and O–H groups in total. The second kappa shape index (κ2) is 34.5. The first-order valence-corrected chi connectivity index (χ1v) is 29.1. The summed E-state index contributed by atoms with van der Waals surface area (Å²) in [6.07, 6.45) is 0.233. The van der Waals surface area contributed by atoms with Gasteiger partial charge >= 0.3 is 5.97 Å². The fourth-order valence-electron chi connectivity index (χ4n) is 8.78. The minimum Gasteiger partial charge on any atom is -0.508 e. The summed E-state index contributed by atoms with van der Waals surface area (Å²) in [6, 6.07) is 13.0. The fraction of sp³-hybridized carbons (Fsp3) is 0.373. The summed E-state index contributed by atoms with van der Waals surface area (Å²) in [5, 5.41) is 83.8. The lowest BCUT2D eigenvalue weighted by Crippen LogP contribution is -2.62. The van der Waals surface area contributed by atoms with Crippen LogP contribution in [0, 0.1) is 0 Å². The summed E-state index contributed by atoms with van der Waals surface area (Å²) in [5.41, 5.74) is 7.74. The van der Waals surface area contributed by atoms with Gasteiger partial charge in [-0.1, -0.05) is 66.7 Å². The van der Waals surface area contributed by atoms with Gasteiger partial charge < -0.3 is 89.2 Å². The molecule has 0 saturated carbocycles. The molecule has 88 heavy (non-hydrogen) atoms. The predicted octanol–water partition coefficient (Wildman–Crippen LogP) is -2.41. The van der Waals surface area contributed by atoms with Crippen LogP contribution in [0.5, 0.6) is 17.2 Å². The summed E-state index contributed by atoms with van der Waals surface area (Å²) < 4.78 is 0. The number of aromatic amines is 1. The number of carbonyl (C=O) groups is 10. The van der Waals surface area contributed by atoms with Gasteiger partial charge in [-0.05, 0) is 90.9 Å². The van der Waals surface area contributed by atoms with Gasteiger partial charge in [0.05, 0.1) is 31.6 Å². The van der Waals surface area contributed by atoms with Crippen molar-refractivity contribution >= 4 is 70.9 Å². The number of nitrogens with two attached hydrogens (primary N) is 1. The van der Waals surface area contributed by atoms with Crippen LogP contribution in [0.25, 0.3) is 0 Å². The van der Waals surface area contributed by atoms with Crippen molar-refractivity contribution in [3.63, 3.8) is 0 Å². The van der Waals surface area contributed by atoms with E-state index in [1.807, 2.05) is 0 Å². The molecule has 9 amide bonds. The maximum absolute atomic E-state index is 14.5. The molecule has 4 aromatic carbocycles. The van der Waals surface area contributed by atoms with Crippen molar-refractivity contribution in [3.05, 3.63) is 144 Å². The Labute approximate surface area is 510 Å². The van der Waals surface area contributed by atoms with Crippen molar-refractivity contribution in [2.24, 2.45) is 5.73 Å². The molecule has 0 aliphatic carbocycles. The number of carboxylic acid groups (broad SMARTS) is 1. The number of aliphatic hydroxyl groups is 2. The van der Waals surface area contributed by atoms with E-state index in [-0.39, 0.29) is 55.8 Å². The number of H-pyrrole nitrogens is 1. The molecule has 0 fully saturated rings. The Morgan fingerprint density at radius 1 is 0.489 bits per heavy atom. The molecule has 29 heteroatoms. The third-order valence-electron chi connectivity index (χ3n) is 13.6. The number of carbonyl (C=O) groups excluding carboxylic acids is 9. The highest BCUT2D eigenvalue weighted by Crippen LogP contribution is 2.16. The smallest absolute Gasteiger partial charge is 0.326 e. The molecule has 0 bridgehead atoms. The van der Waals surface area contributed by atoms with Crippen molar-refractivity contribution in [3.8, 4) is 17.2 Å². The first-order valence-electron chi connectivity index (χ1n) is 27.7. The number of aliphatic hydroxyl groups excluding tert-OH is 2. The van der Waals surface area contributed by atoms with E-state index in [0.29, 0.717) is 33.7 Å². The zero-order valence-corrected chi connectivity index (χ0v) is 49.1. The number of aromatic nitrogens is 2. The van der Waals surface area contributed by atoms with Gasteiger partial charge in [0.2, 0.25) is 53.2 Å². The van der Waals surface area contributed by atoms with Gasteiger partial charge in [0.1, 0.15) is 65.6 Å². The van der Waals surface area contributed by atoms with Crippen molar-refractivity contribution in [1.82, 2.24) is 57.8 Å². The summed E-state index contributed by atoms with van der Waals surface area (Å²) in [7, 11) is 0. The van der Waals surface area contributed by atoms with Crippen molar-refractivity contribution < 1.29 is 78.6 Å². The van der Waals surface area contributed by atoms with Crippen LogP contribution in [0.3, 0.4) is 0 Å². The lowest BCUT2D eigenvalue weighted by Gasteiger charge is -2.28. The molecule has 0 unspecified atom stereocenters. The number of hydrogen-bond donors (Lipinski definition) is 17. The quantitative estimate of drug-likeness (QED) is 0.0204. The fourth-order valence-corrected chi connectivity index (χ4v) is 9.25. The van der Waals surface area contributed by atoms with Crippen LogP contribution in [-0.2, 0) is 80.0 Å². The third kappa shape index (κ3) is 22.7. The average molecular weight is 1240 g/mol. The van der Waals surface area contributed by atoms with Gasteiger partial charge in [-0.2, -0.15) is 11.8 Å². The lowest BCUT2D eigenvalue weighted by molar-refractivity contribution is -0.142. The van der Waals surface area contributed by atoms with Gasteiger partial charge in [0.25, 0.3) is 0 Å². The van der Waals surface area contributed by atoms with Crippen molar-refractivity contribution in [2.75, 3.05) is 25.1 Å². The predicted molar refractivity (Wildman–Crippen MR) is 319 cm³/mol. The van der Waals surface area contributed by atoms with E-state index in [2.05, 4.69) is 57.8 Å². The number of imidazole rings is 1. The first kappa shape index (κ1) is 69.2. The van der Waals surface area contributed by atoms with Crippen LogP contribution in [0.4, 0.5) is 0 Å². The highest BCUT2D eigenvalue weighted by Gasteiger charge is 2.36. The monoisotopic (exact) mass is 1240 g/mol. The normalized spacial score (nSPS) is 14.4. The largest absolute Gasteiger partial charge is 0.508 e. The summed E-state index contributed by atoms with van der Waals surface area (Å²) in [5.74, 6) is -9.87. The molecule has 0 spiro atoms. The second-order valence-electron chi connectivity index (χ2n) is 20.6. The van der Waals surface area contributed by atoms with E-state index in [9.17, 15) is 78.6 Å². The van der Waals surface area contributed by atoms with Crippen LogP contribution in [0.15, 0.2) is 116 Å². The molecule has 0 aliphatic heterocycles. The summed E-state index contributed by atoms with van der Waals surface area (Å²) in [4.78, 5) is 144. The Bertz CT molecular complexity index is 3140. The average Bonchev–Trinajstić information content (AvgIpc) is 4.12. The molecule has 0 saturated heterocycles. The molecule has 1 heterocycles. The Kier molecular flexibility index (Phi) is 27.2. The van der Waals surface area contributed by atoms with Gasteiger partial charge in [-0.3, -0.25) is 43.2 Å². The topological polar surface area (TPSA) is 455 Å². The zero-order valence-electron chi connectivity index (χ0n) is 48.3. The zero-order chi connectivity index (χ0) is 64.5. The summed E-state index contributed by atoms with van der Waals surface area (Å²) >= 11 is 1.34. The van der Waals surface area contributed by atoms with E-state index in [4.69, 9.17) is 5.73 Å².